The summed E-state index contributed by atoms with van der Waals surface area (Å²) in [4.78, 5) is 27.8. The van der Waals surface area contributed by atoms with Gasteiger partial charge in [-0.2, -0.15) is 0 Å². The van der Waals surface area contributed by atoms with Crippen molar-refractivity contribution in [2.75, 3.05) is 4.72 Å². The maximum Gasteiger partial charge on any atom is 0.263 e. The minimum atomic E-state index is -3.96. The highest BCUT2D eigenvalue weighted by Crippen LogP contribution is 2.35. The summed E-state index contributed by atoms with van der Waals surface area (Å²) in [6.07, 6.45) is 9.16. The van der Waals surface area contributed by atoms with Gasteiger partial charge in [0.15, 0.2) is 0 Å². The second kappa shape index (κ2) is 8.76. The van der Waals surface area contributed by atoms with Crippen LogP contribution in [0.1, 0.15) is 59.7 Å². The van der Waals surface area contributed by atoms with Gasteiger partial charge in [-0.25, -0.2) is 8.42 Å². The molecule has 5 rings (SSSR count). The van der Waals surface area contributed by atoms with Crippen molar-refractivity contribution in [3.63, 3.8) is 0 Å². The Kier molecular flexibility index (Phi) is 5.77. The molecule has 1 aliphatic heterocycles. The molecule has 8 heteroatoms. The lowest BCUT2D eigenvalue weighted by Gasteiger charge is -2.25. The number of hydrogen-bond donors (Lipinski definition) is 1. The van der Waals surface area contributed by atoms with E-state index in [9.17, 15) is 18.0 Å². The van der Waals surface area contributed by atoms with E-state index in [1.807, 2.05) is 36.0 Å². The van der Waals surface area contributed by atoms with Crippen molar-refractivity contribution >= 4 is 27.5 Å². The van der Waals surface area contributed by atoms with Crippen LogP contribution in [0.5, 0.6) is 0 Å². The summed E-state index contributed by atoms with van der Waals surface area (Å²) in [5.41, 5.74) is 1.32. The van der Waals surface area contributed by atoms with E-state index >= 15 is 0 Å². The minimum absolute atomic E-state index is 0.0734. The maximum absolute atomic E-state index is 13.3. The Bertz CT molecular complexity index is 1320. The zero-order valence-corrected chi connectivity index (χ0v) is 19.8. The van der Waals surface area contributed by atoms with Crippen LogP contribution in [0, 0.1) is 5.92 Å². The monoisotopic (exact) mass is 477 g/mol. The molecule has 0 unspecified atom stereocenters. The number of fused-ring (bicyclic) bond motifs is 1. The molecule has 1 fully saturated rings. The molecule has 0 spiro atoms. The molecule has 1 saturated carbocycles. The first kappa shape index (κ1) is 22.4. The number of nitrogens with one attached hydrogen (secondary N) is 1. The molecule has 1 atom stereocenters. The number of anilines is 1. The zero-order valence-electron chi connectivity index (χ0n) is 19.0. The van der Waals surface area contributed by atoms with Gasteiger partial charge in [-0.3, -0.25) is 19.2 Å². The highest BCUT2D eigenvalue weighted by atomic mass is 32.2. The topological polar surface area (TPSA) is 88.5 Å². The molecule has 1 N–H and O–H groups in total. The van der Waals surface area contributed by atoms with Gasteiger partial charge in [0.1, 0.15) is 0 Å². The van der Waals surface area contributed by atoms with Gasteiger partial charge in [-0.05, 0) is 67.8 Å². The number of hydrogen-bond acceptors (Lipinski definition) is 4. The van der Waals surface area contributed by atoms with E-state index in [1.165, 1.54) is 35.9 Å². The molecule has 7 nitrogen and oxygen atoms in total. The highest BCUT2D eigenvalue weighted by molar-refractivity contribution is 7.92. The SMILES string of the molecule is C[C@@H](CC1CCCC1)N1C(=O)c2cccc(NS(=O)(=O)c3ccc(-n4cccc4)cc3)c2C1=O. The minimum Gasteiger partial charge on any atom is -0.324 e. The largest absolute Gasteiger partial charge is 0.324 e. The Morgan fingerprint density at radius 1 is 0.941 bits per heavy atom. The van der Waals surface area contributed by atoms with Gasteiger partial charge >= 0.3 is 0 Å². The molecule has 34 heavy (non-hydrogen) atoms. The number of carbonyl (C=O) groups is 2. The highest BCUT2D eigenvalue weighted by Gasteiger charge is 2.41. The Morgan fingerprint density at radius 3 is 2.29 bits per heavy atom. The van der Waals surface area contributed by atoms with Gasteiger partial charge in [0.25, 0.3) is 21.8 Å². The predicted octanol–water partition coefficient (Wildman–Crippen LogP) is 4.84. The van der Waals surface area contributed by atoms with Gasteiger partial charge in [0, 0.05) is 24.1 Å². The molecule has 3 aromatic rings. The van der Waals surface area contributed by atoms with E-state index in [1.54, 1.807) is 24.3 Å². The number of nitrogens with zero attached hydrogens (tertiary/aromatic N) is 2. The Hall–Kier alpha value is -3.39. The van der Waals surface area contributed by atoms with Crippen molar-refractivity contribution in [2.24, 2.45) is 5.92 Å². The summed E-state index contributed by atoms with van der Waals surface area (Å²) >= 11 is 0. The number of imide groups is 1. The van der Waals surface area contributed by atoms with Crippen molar-refractivity contribution in [1.29, 1.82) is 0 Å². The van der Waals surface area contributed by atoms with E-state index < -0.39 is 15.9 Å². The van der Waals surface area contributed by atoms with E-state index in [2.05, 4.69) is 4.72 Å². The van der Waals surface area contributed by atoms with Crippen molar-refractivity contribution < 1.29 is 18.0 Å². The van der Waals surface area contributed by atoms with E-state index in [-0.39, 0.29) is 33.7 Å². The summed E-state index contributed by atoms with van der Waals surface area (Å²) in [7, 11) is -3.96. The fraction of sp³-hybridized carbons (Fsp3) is 0.308. The molecule has 1 aromatic heterocycles. The first-order valence-electron chi connectivity index (χ1n) is 11.6. The Labute approximate surface area is 199 Å². The molecule has 1 aliphatic carbocycles. The van der Waals surface area contributed by atoms with Gasteiger partial charge < -0.3 is 4.57 Å². The van der Waals surface area contributed by atoms with Crippen LogP contribution in [0.3, 0.4) is 0 Å². The third-order valence-electron chi connectivity index (χ3n) is 6.83. The molecule has 176 valence electrons. The van der Waals surface area contributed by atoms with Crippen LogP contribution in [-0.4, -0.2) is 35.7 Å². The van der Waals surface area contributed by atoms with Crippen LogP contribution < -0.4 is 4.72 Å². The normalized spacial score (nSPS) is 17.3. The second-order valence-electron chi connectivity index (χ2n) is 9.13. The Morgan fingerprint density at radius 2 is 1.62 bits per heavy atom. The lowest BCUT2D eigenvalue weighted by molar-refractivity contribution is 0.0578. The average molecular weight is 478 g/mol. The predicted molar refractivity (Wildman–Crippen MR) is 130 cm³/mol. The molecule has 2 aliphatic rings. The molecule has 0 bridgehead atoms. The molecule has 2 aromatic carbocycles. The van der Waals surface area contributed by atoms with Gasteiger partial charge in [0.2, 0.25) is 0 Å². The average Bonchev–Trinajstić information content (AvgIpc) is 3.57. The number of benzene rings is 2. The van der Waals surface area contributed by atoms with Crippen LogP contribution in [0.4, 0.5) is 5.69 Å². The summed E-state index contributed by atoms with van der Waals surface area (Å²) in [6.45, 7) is 1.90. The fourth-order valence-electron chi connectivity index (χ4n) is 5.13. The molecule has 2 amide bonds. The van der Waals surface area contributed by atoms with E-state index in [0.29, 0.717) is 5.92 Å². The quantitative estimate of drug-likeness (QED) is 0.493. The third kappa shape index (κ3) is 4.03. The van der Waals surface area contributed by atoms with Gasteiger partial charge in [-0.15, -0.1) is 0 Å². The van der Waals surface area contributed by atoms with Crippen LogP contribution in [0.2, 0.25) is 0 Å². The molecular weight excluding hydrogens is 450 g/mol. The lowest BCUT2D eigenvalue weighted by Crippen LogP contribution is -2.39. The van der Waals surface area contributed by atoms with Crippen LogP contribution in [-0.2, 0) is 10.0 Å². The molecule has 0 radical (unpaired) electrons. The lowest BCUT2D eigenvalue weighted by atomic mass is 9.98. The first-order chi connectivity index (χ1) is 16.3. The number of rotatable bonds is 7. The number of carbonyl (C=O) groups excluding carboxylic acids is 2. The van der Waals surface area contributed by atoms with E-state index in [0.717, 1.165) is 24.9 Å². The first-order valence-corrected chi connectivity index (χ1v) is 13.1. The van der Waals surface area contributed by atoms with Crippen molar-refractivity contribution in [2.45, 2.75) is 50.0 Å². The van der Waals surface area contributed by atoms with Crippen LogP contribution in [0.15, 0.2) is 71.9 Å². The van der Waals surface area contributed by atoms with Crippen molar-refractivity contribution in [1.82, 2.24) is 9.47 Å². The van der Waals surface area contributed by atoms with Crippen molar-refractivity contribution in [3.05, 3.63) is 78.1 Å². The zero-order chi connectivity index (χ0) is 23.9. The standard InChI is InChI=1S/C26H27N3O4S/c1-18(17-19-7-2-3-8-19)29-25(30)22-9-6-10-23(24(22)26(29)31)27-34(32,33)21-13-11-20(12-14-21)28-15-4-5-16-28/h4-6,9-16,18-19,27H,2-3,7-8,17H2,1H3/t18-/m0/s1. The van der Waals surface area contributed by atoms with Gasteiger partial charge in [-0.1, -0.05) is 31.7 Å². The molecular formula is C26H27N3O4S. The van der Waals surface area contributed by atoms with Crippen LogP contribution in [0.25, 0.3) is 5.69 Å². The van der Waals surface area contributed by atoms with E-state index in [4.69, 9.17) is 0 Å². The Balaban J connectivity index is 1.39. The number of aromatic nitrogens is 1. The molecule has 0 saturated heterocycles. The maximum atomic E-state index is 13.3. The fourth-order valence-corrected chi connectivity index (χ4v) is 6.20. The van der Waals surface area contributed by atoms with Crippen molar-refractivity contribution in [3.8, 4) is 5.69 Å². The smallest absolute Gasteiger partial charge is 0.263 e. The van der Waals surface area contributed by atoms with Gasteiger partial charge in [0.05, 0.1) is 21.7 Å². The number of sulfonamides is 1. The summed E-state index contributed by atoms with van der Waals surface area (Å²) < 4.78 is 30.6. The number of amides is 2. The molecule has 2 heterocycles. The summed E-state index contributed by atoms with van der Waals surface area (Å²) in [6, 6.07) is 14.7. The summed E-state index contributed by atoms with van der Waals surface area (Å²) in [5.74, 6) is -0.277. The summed E-state index contributed by atoms with van der Waals surface area (Å²) in [5, 5.41) is 0. The second-order valence-corrected chi connectivity index (χ2v) is 10.8. The third-order valence-corrected chi connectivity index (χ3v) is 8.21. The van der Waals surface area contributed by atoms with Crippen LogP contribution >= 0.6 is 0 Å².